The van der Waals surface area contributed by atoms with Crippen molar-refractivity contribution in [1.29, 1.82) is 0 Å². The van der Waals surface area contributed by atoms with Crippen LogP contribution in [-0.4, -0.2) is 66.3 Å². The van der Waals surface area contributed by atoms with Crippen LogP contribution in [0.1, 0.15) is 33.3 Å². The number of aliphatic hydroxyl groups is 1. The van der Waals surface area contributed by atoms with Crippen LogP contribution in [0.25, 0.3) is 0 Å². The topological polar surface area (TPSA) is 144 Å². The molecule has 1 saturated heterocycles. The molecule has 11 nitrogen and oxygen atoms in total. The molecule has 1 aliphatic heterocycles. The Labute approximate surface area is 184 Å². The Morgan fingerprint density at radius 3 is 1.84 bits per heavy atom. The molecule has 0 aliphatic carbocycles. The van der Waals surface area contributed by atoms with E-state index in [-0.39, 0.29) is 13.2 Å². The lowest BCUT2D eigenvalue weighted by Gasteiger charge is -2.43. The maximum Gasteiger partial charge on any atom is 0.303 e. The van der Waals surface area contributed by atoms with Crippen molar-refractivity contribution in [3.63, 3.8) is 0 Å². The van der Waals surface area contributed by atoms with Crippen molar-refractivity contribution in [3.8, 4) is 5.75 Å². The number of hydrogen-bond donors (Lipinski definition) is 1. The van der Waals surface area contributed by atoms with Gasteiger partial charge in [-0.15, -0.1) is 0 Å². The van der Waals surface area contributed by atoms with Crippen LogP contribution in [0.5, 0.6) is 5.75 Å². The van der Waals surface area contributed by atoms with Gasteiger partial charge >= 0.3 is 23.9 Å². The summed E-state index contributed by atoms with van der Waals surface area (Å²) in [6.45, 7) is 4.09. The monoisotopic (exact) mass is 454 g/mol. The summed E-state index contributed by atoms with van der Waals surface area (Å²) in [6, 6.07) is 6.33. The van der Waals surface area contributed by atoms with Crippen LogP contribution in [0.4, 0.5) is 0 Å². The highest BCUT2D eigenvalue weighted by Gasteiger charge is 2.53. The molecule has 1 aromatic rings. The van der Waals surface area contributed by atoms with Crippen molar-refractivity contribution in [2.45, 2.75) is 65.0 Å². The Balaban J connectivity index is 2.42. The first-order valence-corrected chi connectivity index (χ1v) is 9.77. The van der Waals surface area contributed by atoms with Gasteiger partial charge in [-0.1, -0.05) is 12.1 Å². The first-order valence-electron chi connectivity index (χ1n) is 9.77. The van der Waals surface area contributed by atoms with Crippen LogP contribution in [0.3, 0.4) is 0 Å². The SMILES string of the molecule is CC(=O)OC[C@H]1O[C@H](Oc2ccc(CO)cc2)[C@@H](OC(C)=O)[C@@H](OC(C)=O)[C@@H]1OC(C)=O. The van der Waals surface area contributed by atoms with Gasteiger partial charge in [0.25, 0.3) is 0 Å². The highest BCUT2D eigenvalue weighted by Crippen LogP contribution is 2.31. The summed E-state index contributed by atoms with van der Waals surface area (Å²) in [4.78, 5) is 46.6. The fourth-order valence-corrected chi connectivity index (χ4v) is 3.09. The molecular formula is C21H26O11. The van der Waals surface area contributed by atoms with Crippen LogP contribution in [-0.2, 0) is 49.5 Å². The van der Waals surface area contributed by atoms with Crippen LogP contribution >= 0.6 is 0 Å². The molecule has 0 bridgehead atoms. The van der Waals surface area contributed by atoms with Gasteiger partial charge in [0.15, 0.2) is 12.2 Å². The average Bonchev–Trinajstić information content (AvgIpc) is 2.70. The molecular weight excluding hydrogens is 428 g/mol. The normalized spacial score (nSPS) is 24.7. The number of carbonyl (C=O) groups is 4. The molecule has 1 aliphatic rings. The number of hydrogen-bond acceptors (Lipinski definition) is 11. The van der Waals surface area contributed by atoms with E-state index >= 15 is 0 Å². The third-order valence-corrected chi connectivity index (χ3v) is 4.31. The Morgan fingerprint density at radius 1 is 0.812 bits per heavy atom. The van der Waals surface area contributed by atoms with Crippen molar-refractivity contribution in [2.75, 3.05) is 6.61 Å². The summed E-state index contributed by atoms with van der Waals surface area (Å²) in [7, 11) is 0. The third kappa shape index (κ3) is 7.20. The van der Waals surface area contributed by atoms with Gasteiger partial charge in [-0.05, 0) is 17.7 Å². The average molecular weight is 454 g/mol. The lowest BCUT2D eigenvalue weighted by atomic mass is 9.98. The van der Waals surface area contributed by atoms with Crippen molar-refractivity contribution in [2.24, 2.45) is 0 Å². The number of esters is 4. The fraction of sp³-hybridized carbons (Fsp3) is 0.524. The molecule has 1 aromatic carbocycles. The van der Waals surface area contributed by atoms with Gasteiger partial charge in [0.1, 0.15) is 18.5 Å². The molecule has 0 saturated carbocycles. The van der Waals surface area contributed by atoms with E-state index in [4.69, 9.17) is 28.4 Å². The minimum absolute atomic E-state index is 0.167. The molecule has 32 heavy (non-hydrogen) atoms. The molecule has 2 rings (SSSR count). The van der Waals surface area contributed by atoms with E-state index in [9.17, 15) is 24.3 Å². The Kier molecular flexibility index (Phi) is 8.97. The Bertz CT molecular complexity index is 820. The largest absolute Gasteiger partial charge is 0.463 e. The minimum Gasteiger partial charge on any atom is -0.463 e. The quantitative estimate of drug-likeness (QED) is 0.436. The molecule has 176 valence electrons. The molecule has 0 radical (unpaired) electrons. The minimum atomic E-state index is -1.31. The highest BCUT2D eigenvalue weighted by atomic mass is 16.7. The molecule has 1 fully saturated rings. The van der Waals surface area contributed by atoms with Gasteiger partial charge in [0.05, 0.1) is 6.61 Å². The zero-order valence-electron chi connectivity index (χ0n) is 18.1. The highest BCUT2D eigenvalue weighted by molar-refractivity contribution is 5.68. The van der Waals surface area contributed by atoms with Gasteiger partial charge in [0.2, 0.25) is 12.4 Å². The first-order chi connectivity index (χ1) is 15.1. The van der Waals surface area contributed by atoms with Crippen molar-refractivity contribution in [3.05, 3.63) is 29.8 Å². The first kappa shape index (κ1) is 25.1. The van der Waals surface area contributed by atoms with Gasteiger partial charge in [0, 0.05) is 27.7 Å². The number of ether oxygens (including phenoxy) is 6. The third-order valence-electron chi connectivity index (χ3n) is 4.31. The second kappa shape index (κ2) is 11.4. The number of benzene rings is 1. The zero-order chi connectivity index (χ0) is 23.8. The summed E-state index contributed by atoms with van der Waals surface area (Å²) in [6.07, 6.45) is -6.28. The van der Waals surface area contributed by atoms with E-state index in [1.807, 2.05) is 0 Å². The second-order valence-corrected chi connectivity index (χ2v) is 6.99. The molecule has 0 amide bonds. The van der Waals surface area contributed by atoms with E-state index in [0.717, 1.165) is 20.8 Å². The van der Waals surface area contributed by atoms with E-state index in [1.165, 1.54) is 6.92 Å². The summed E-state index contributed by atoms with van der Waals surface area (Å²) >= 11 is 0. The van der Waals surface area contributed by atoms with Crippen LogP contribution in [0.2, 0.25) is 0 Å². The van der Waals surface area contributed by atoms with Crippen molar-refractivity contribution < 1.29 is 52.7 Å². The van der Waals surface area contributed by atoms with Gasteiger partial charge in [-0.2, -0.15) is 0 Å². The van der Waals surface area contributed by atoms with Crippen LogP contribution < -0.4 is 4.74 Å². The maximum atomic E-state index is 11.8. The molecule has 0 spiro atoms. The summed E-state index contributed by atoms with van der Waals surface area (Å²) in [5.41, 5.74) is 0.638. The van der Waals surface area contributed by atoms with Crippen molar-refractivity contribution in [1.82, 2.24) is 0 Å². The maximum absolute atomic E-state index is 11.8. The molecule has 0 unspecified atom stereocenters. The lowest BCUT2D eigenvalue weighted by Crippen LogP contribution is -2.63. The Morgan fingerprint density at radius 2 is 1.34 bits per heavy atom. The summed E-state index contributed by atoms with van der Waals surface area (Å²) in [5.74, 6) is -2.49. The lowest BCUT2D eigenvalue weighted by molar-refractivity contribution is -0.288. The van der Waals surface area contributed by atoms with E-state index in [2.05, 4.69) is 0 Å². The Hall–Kier alpha value is -3.18. The molecule has 11 heteroatoms. The van der Waals surface area contributed by atoms with E-state index in [0.29, 0.717) is 11.3 Å². The van der Waals surface area contributed by atoms with E-state index < -0.39 is 54.6 Å². The predicted octanol–water partition coefficient (Wildman–Crippen LogP) is 0.641. The van der Waals surface area contributed by atoms with Gasteiger partial charge < -0.3 is 33.5 Å². The molecule has 5 atom stereocenters. The fourth-order valence-electron chi connectivity index (χ4n) is 3.09. The van der Waals surface area contributed by atoms with Gasteiger partial charge in [-0.25, -0.2) is 0 Å². The van der Waals surface area contributed by atoms with Gasteiger partial charge in [-0.3, -0.25) is 19.2 Å². The molecule has 1 N–H and O–H groups in total. The number of carbonyl (C=O) groups excluding carboxylic acids is 4. The summed E-state index contributed by atoms with van der Waals surface area (Å²) < 4.78 is 32.6. The molecule has 0 aromatic heterocycles. The van der Waals surface area contributed by atoms with E-state index in [1.54, 1.807) is 24.3 Å². The smallest absolute Gasteiger partial charge is 0.303 e. The standard InChI is InChI=1S/C21H26O11/c1-11(23)27-10-17-18(28-12(2)24)19(29-13(3)25)20(30-14(4)26)21(32-17)31-16-7-5-15(9-22)6-8-16/h5-8,17-22H,9-10H2,1-4H3/t17-,18-,19+,20+,21+/m1/s1. The number of aliphatic hydroxyl groups excluding tert-OH is 1. The zero-order valence-corrected chi connectivity index (χ0v) is 18.1. The van der Waals surface area contributed by atoms with Crippen LogP contribution in [0.15, 0.2) is 24.3 Å². The summed E-state index contributed by atoms with van der Waals surface area (Å²) in [5, 5.41) is 9.20. The molecule has 1 heterocycles. The predicted molar refractivity (Wildman–Crippen MR) is 105 cm³/mol. The number of rotatable bonds is 8. The van der Waals surface area contributed by atoms with Crippen molar-refractivity contribution >= 4 is 23.9 Å². The van der Waals surface area contributed by atoms with Crippen LogP contribution in [0, 0.1) is 0 Å². The second-order valence-electron chi connectivity index (χ2n) is 6.99.